The summed E-state index contributed by atoms with van der Waals surface area (Å²) in [6.45, 7) is 0.255. The molecule has 1 unspecified atom stereocenters. The van der Waals surface area contributed by atoms with Crippen molar-refractivity contribution in [2.24, 2.45) is 0 Å². The van der Waals surface area contributed by atoms with Crippen LogP contribution in [0, 0.1) is 0 Å². The SMILES string of the molecule is O=C(Nc1ccc(-c2nc3ccccc3s2)c(O)c1)C1CCCN1S(=O)(=O)c1ccc(Cl)cc1. The molecular weight excluding hydrogens is 494 g/mol. The molecule has 1 saturated heterocycles. The summed E-state index contributed by atoms with van der Waals surface area (Å²) >= 11 is 7.34. The second-order valence-electron chi connectivity index (χ2n) is 7.94. The molecule has 1 amide bonds. The molecule has 0 spiro atoms. The number of phenolic OH excluding ortho intramolecular Hbond substituents is 1. The molecule has 2 N–H and O–H groups in total. The normalized spacial score (nSPS) is 16.7. The molecule has 0 radical (unpaired) electrons. The fraction of sp³-hybridized carbons (Fsp3) is 0.167. The summed E-state index contributed by atoms with van der Waals surface area (Å²) in [6, 6.07) is 17.6. The van der Waals surface area contributed by atoms with E-state index >= 15 is 0 Å². The Bertz CT molecular complexity index is 1450. The van der Waals surface area contributed by atoms with E-state index in [1.807, 2.05) is 24.3 Å². The number of carbonyl (C=O) groups excluding carboxylic acids is 1. The highest BCUT2D eigenvalue weighted by molar-refractivity contribution is 7.89. The van der Waals surface area contributed by atoms with Gasteiger partial charge in [-0.15, -0.1) is 11.3 Å². The van der Waals surface area contributed by atoms with E-state index in [1.165, 1.54) is 46.0 Å². The van der Waals surface area contributed by atoms with Gasteiger partial charge in [0, 0.05) is 23.3 Å². The molecule has 1 aliphatic heterocycles. The number of hydrogen-bond donors (Lipinski definition) is 2. The predicted molar refractivity (Wildman–Crippen MR) is 134 cm³/mol. The van der Waals surface area contributed by atoms with Crippen molar-refractivity contribution < 1.29 is 18.3 Å². The molecule has 1 aliphatic rings. The first-order valence-electron chi connectivity index (χ1n) is 10.6. The Kier molecular flexibility index (Phi) is 6.03. The van der Waals surface area contributed by atoms with Gasteiger partial charge in [0.05, 0.1) is 20.7 Å². The van der Waals surface area contributed by atoms with Crippen LogP contribution in [0.5, 0.6) is 5.75 Å². The van der Waals surface area contributed by atoms with Crippen LogP contribution >= 0.6 is 22.9 Å². The Morgan fingerprint density at radius 1 is 1.12 bits per heavy atom. The lowest BCUT2D eigenvalue weighted by atomic mass is 10.1. The summed E-state index contributed by atoms with van der Waals surface area (Å²) in [5.74, 6) is -0.462. The summed E-state index contributed by atoms with van der Waals surface area (Å²) in [5, 5.41) is 14.5. The number of sulfonamides is 1. The van der Waals surface area contributed by atoms with E-state index in [4.69, 9.17) is 11.6 Å². The molecule has 3 aromatic carbocycles. The number of hydrogen-bond acceptors (Lipinski definition) is 6. The minimum Gasteiger partial charge on any atom is -0.507 e. The fourth-order valence-electron chi connectivity index (χ4n) is 4.04. The van der Waals surface area contributed by atoms with Crippen LogP contribution in [-0.2, 0) is 14.8 Å². The Hall–Kier alpha value is -2.98. The van der Waals surface area contributed by atoms with Crippen LogP contribution in [0.15, 0.2) is 71.6 Å². The van der Waals surface area contributed by atoms with Gasteiger partial charge in [0.2, 0.25) is 15.9 Å². The molecule has 1 atom stereocenters. The van der Waals surface area contributed by atoms with E-state index in [0.29, 0.717) is 34.1 Å². The van der Waals surface area contributed by atoms with Crippen molar-refractivity contribution in [2.75, 3.05) is 11.9 Å². The number of amides is 1. The molecule has 34 heavy (non-hydrogen) atoms. The van der Waals surface area contributed by atoms with Crippen molar-refractivity contribution in [2.45, 2.75) is 23.8 Å². The maximum atomic E-state index is 13.1. The number of carbonyl (C=O) groups is 1. The van der Waals surface area contributed by atoms with Gasteiger partial charge in [-0.25, -0.2) is 13.4 Å². The number of nitrogens with one attached hydrogen (secondary N) is 1. The maximum absolute atomic E-state index is 13.1. The minimum atomic E-state index is -3.85. The molecule has 174 valence electrons. The highest BCUT2D eigenvalue weighted by Crippen LogP contribution is 2.37. The van der Waals surface area contributed by atoms with Gasteiger partial charge in [0.25, 0.3) is 0 Å². The Balaban J connectivity index is 1.35. The third-order valence-corrected chi connectivity index (χ3v) is 8.96. The summed E-state index contributed by atoms with van der Waals surface area (Å²) in [4.78, 5) is 17.7. The van der Waals surface area contributed by atoms with Crippen LogP contribution in [0.2, 0.25) is 5.02 Å². The summed E-state index contributed by atoms with van der Waals surface area (Å²) in [7, 11) is -3.85. The average molecular weight is 514 g/mol. The average Bonchev–Trinajstić information content (AvgIpc) is 3.47. The van der Waals surface area contributed by atoms with Crippen molar-refractivity contribution in [3.05, 3.63) is 71.8 Å². The minimum absolute atomic E-state index is 0.0195. The zero-order valence-electron chi connectivity index (χ0n) is 17.8. The van der Waals surface area contributed by atoms with Crippen molar-refractivity contribution in [3.8, 4) is 16.3 Å². The molecule has 10 heteroatoms. The number of halogens is 1. The number of aromatic hydroxyl groups is 1. The number of benzene rings is 3. The molecule has 1 fully saturated rings. The summed E-state index contributed by atoms with van der Waals surface area (Å²) < 4.78 is 28.4. The van der Waals surface area contributed by atoms with Gasteiger partial charge in [-0.1, -0.05) is 23.7 Å². The number of para-hydroxylation sites is 1. The van der Waals surface area contributed by atoms with Gasteiger partial charge in [0.1, 0.15) is 16.8 Å². The first-order chi connectivity index (χ1) is 16.3. The third-order valence-electron chi connectivity index (χ3n) is 5.72. The van der Waals surface area contributed by atoms with Crippen molar-refractivity contribution >= 4 is 54.8 Å². The van der Waals surface area contributed by atoms with Gasteiger partial charge in [-0.3, -0.25) is 4.79 Å². The van der Waals surface area contributed by atoms with E-state index in [9.17, 15) is 18.3 Å². The van der Waals surface area contributed by atoms with Crippen molar-refractivity contribution in [3.63, 3.8) is 0 Å². The highest BCUT2D eigenvalue weighted by atomic mass is 35.5. The van der Waals surface area contributed by atoms with E-state index in [0.717, 1.165) is 10.2 Å². The van der Waals surface area contributed by atoms with Gasteiger partial charge < -0.3 is 10.4 Å². The van der Waals surface area contributed by atoms with E-state index in [1.54, 1.807) is 12.1 Å². The third kappa shape index (κ3) is 4.27. The van der Waals surface area contributed by atoms with Gasteiger partial charge in [-0.2, -0.15) is 4.31 Å². The largest absolute Gasteiger partial charge is 0.507 e. The number of nitrogens with zero attached hydrogens (tertiary/aromatic N) is 2. The second-order valence-corrected chi connectivity index (χ2v) is 11.3. The molecular formula is C24H20ClN3O4S2. The molecule has 5 rings (SSSR count). The second kappa shape index (κ2) is 8.99. The van der Waals surface area contributed by atoms with Crippen LogP contribution in [0.1, 0.15) is 12.8 Å². The van der Waals surface area contributed by atoms with Crippen LogP contribution in [-0.4, -0.2) is 41.3 Å². The number of fused-ring (bicyclic) bond motifs is 1. The molecule has 7 nitrogen and oxygen atoms in total. The molecule has 0 bridgehead atoms. The molecule has 4 aromatic rings. The van der Waals surface area contributed by atoms with Crippen LogP contribution in [0.3, 0.4) is 0 Å². The predicted octanol–water partition coefficient (Wildman–Crippen LogP) is 5.11. The van der Waals surface area contributed by atoms with Crippen LogP contribution < -0.4 is 5.32 Å². The maximum Gasteiger partial charge on any atom is 0.243 e. The van der Waals surface area contributed by atoms with Gasteiger partial charge in [-0.05, 0) is 61.4 Å². The smallest absolute Gasteiger partial charge is 0.243 e. The summed E-state index contributed by atoms with van der Waals surface area (Å²) in [5.41, 5.74) is 1.79. The zero-order valence-corrected chi connectivity index (χ0v) is 20.2. The lowest BCUT2D eigenvalue weighted by Gasteiger charge is -2.23. The number of thiazole rings is 1. The lowest BCUT2D eigenvalue weighted by Crippen LogP contribution is -2.43. The number of phenols is 1. The van der Waals surface area contributed by atoms with E-state index < -0.39 is 22.0 Å². The van der Waals surface area contributed by atoms with Gasteiger partial charge >= 0.3 is 0 Å². The van der Waals surface area contributed by atoms with Gasteiger partial charge in [0.15, 0.2) is 0 Å². The first-order valence-corrected chi connectivity index (χ1v) is 13.2. The van der Waals surface area contributed by atoms with Crippen molar-refractivity contribution in [1.29, 1.82) is 0 Å². The van der Waals surface area contributed by atoms with Crippen LogP contribution in [0.25, 0.3) is 20.8 Å². The Labute approximate surface area is 205 Å². The summed E-state index contributed by atoms with van der Waals surface area (Å²) in [6.07, 6.45) is 0.987. The fourth-order valence-corrected chi connectivity index (χ4v) is 6.82. The molecule has 0 saturated carbocycles. The topological polar surface area (TPSA) is 99.6 Å². The number of aromatic nitrogens is 1. The van der Waals surface area contributed by atoms with Crippen LogP contribution in [0.4, 0.5) is 5.69 Å². The molecule has 2 heterocycles. The quantitative estimate of drug-likeness (QED) is 0.386. The van der Waals surface area contributed by atoms with E-state index in [-0.39, 0.29) is 17.2 Å². The molecule has 0 aliphatic carbocycles. The number of rotatable bonds is 5. The van der Waals surface area contributed by atoms with E-state index in [2.05, 4.69) is 10.3 Å². The highest BCUT2D eigenvalue weighted by Gasteiger charge is 2.39. The Morgan fingerprint density at radius 2 is 1.88 bits per heavy atom. The number of anilines is 1. The van der Waals surface area contributed by atoms with Crippen molar-refractivity contribution in [1.82, 2.24) is 9.29 Å². The zero-order chi connectivity index (χ0) is 23.9. The Morgan fingerprint density at radius 3 is 2.62 bits per heavy atom. The standard InChI is InChI=1S/C24H20ClN3O4S2/c25-15-7-10-17(11-8-15)34(31,32)28-13-3-5-20(28)23(30)26-16-9-12-18(21(29)14-16)24-27-19-4-1-2-6-22(19)33-24/h1-2,4,6-12,14,20,29H,3,5,13H2,(H,26,30). The molecule has 1 aromatic heterocycles. The monoisotopic (exact) mass is 513 g/mol. The first kappa shape index (κ1) is 22.8. The lowest BCUT2D eigenvalue weighted by molar-refractivity contribution is -0.119.